The van der Waals surface area contributed by atoms with Crippen LogP contribution in [0.5, 0.6) is 0 Å². The van der Waals surface area contributed by atoms with E-state index in [1.807, 2.05) is 6.07 Å². The monoisotopic (exact) mass is 311 g/mol. The average Bonchev–Trinajstić information content (AvgIpc) is 2.62. The van der Waals surface area contributed by atoms with Crippen molar-refractivity contribution in [2.24, 2.45) is 0 Å². The van der Waals surface area contributed by atoms with Crippen LogP contribution in [0.4, 0.5) is 0 Å². The van der Waals surface area contributed by atoms with Crippen molar-refractivity contribution in [2.45, 2.75) is 12.6 Å². The molecule has 120 valence electrons. The van der Waals surface area contributed by atoms with E-state index in [0.717, 1.165) is 19.6 Å². The summed E-state index contributed by atoms with van der Waals surface area (Å²) in [5, 5.41) is 2.92. The molecule has 2 aromatic rings. The number of nitrogens with zero attached hydrogens (tertiary/aromatic N) is 2. The van der Waals surface area contributed by atoms with Crippen molar-refractivity contribution in [3.05, 3.63) is 66.0 Å². The minimum atomic E-state index is -0.109. The van der Waals surface area contributed by atoms with Crippen LogP contribution in [0.15, 0.2) is 54.9 Å². The van der Waals surface area contributed by atoms with E-state index < -0.39 is 0 Å². The quantitative estimate of drug-likeness (QED) is 0.913. The molecule has 1 amide bonds. The normalized spacial score (nSPS) is 18.5. The van der Waals surface area contributed by atoms with Crippen LogP contribution < -0.4 is 5.32 Å². The number of ether oxygens (including phenoxy) is 1. The summed E-state index contributed by atoms with van der Waals surface area (Å²) in [6, 6.07) is 13.9. The highest BCUT2D eigenvalue weighted by Crippen LogP contribution is 2.10. The van der Waals surface area contributed by atoms with Gasteiger partial charge in [-0.15, -0.1) is 0 Å². The van der Waals surface area contributed by atoms with E-state index in [0.29, 0.717) is 18.7 Å². The summed E-state index contributed by atoms with van der Waals surface area (Å²) in [5.41, 5.74) is 1.87. The first-order chi connectivity index (χ1) is 11.3. The highest BCUT2D eigenvalue weighted by atomic mass is 16.5. The fourth-order valence-electron chi connectivity index (χ4n) is 2.69. The Balaban J connectivity index is 1.48. The first-order valence-corrected chi connectivity index (χ1v) is 7.87. The molecule has 1 aliphatic heterocycles. The van der Waals surface area contributed by atoms with Crippen LogP contribution in [-0.4, -0.2) is 48.1 Å². The Morgan fingerprint density at radius 1 is 1.26 bits per heavy atom. The lowest BCUT2D eigenvalue weighted by Gasteiger charge is -2.33. The second kappa shape index (κ2) is 7.85. The number of amides is 1. The minimum Gasteiger partial charge on any atom is -0.374 e. The van der Waals surface area contributed by atoms with Gasteiger partial charge >= 0.3 is 0 Å². The fourth-order valence-corrected chi connectivity index (χ4v) is 2.69. The van der Waals surface area contributed by atoms with Gasteiger partial charge in [0.15, 0.2) is 0 Å². The van der Waals surface area contributed by atoms with E-state index in [4.69, 9.17) is 4.74 Å². The molecule has 5 nitrogen and oxygen atoms in total. The molecule has 0 spiro atoms. The first kappa shape index (κ1) is 15.6. The maximum Gasteiger partial charge on any atom is 0.252 e. The van der Waals surface area contributed by atoms with Gasteiger partial charge in [0.05, 0.1) is 18.3 Å². The first-order valence-electron chi connectivity index (χ1n) is 7.87. The molecule has 1 saturated heterocycles. The number of rotatable bonds is 5. The van der Waals surface area contributed by atoms with Crippen LogP contribution in [-0.2, 0) is 11.3 Å². The molecule has 2 heterocycles. The standard InChI is InChI=1S/C18H21N3O2/c22-18(16-7-4-8-19-11-16)20-12-17-14-21(9-10-23-17)13-15-5-2-1-3-6-15/h1-8,11,17H,9-10,12-14H2,(H,20,22)/t17-/m0/s1. The van der Waals surface area contributed by atoms with E-state index in [9.17, 15) is 4.79 Å². The summed E-state index contributed by atoms with van der Waals surface area (Å²) in [6.07, 6.45) is 3.24. The van der Waals surface area contributed by atoms with Crippen LogP contribution in [0.25, 0.3) is 0 Å². The predicted molar refractivity (Wildman–Crippen MR) is 88.0 cm³/mol. The molecule has 1 N–H and O–H groups in total. The zero-order valence-electron chi connectivity index (χ0n) is 13.0. The third kappa shape index (κ3) is 4.61. The maximum atomic E-state index is 12.0. The van der Waals surface area contributed by atoms with Gasteiger partial charge in [-0.05, 0) is 17.7 Å². The van der Waals surface area contributed by atoms with Crippen LogP contribution in [0, 0.1) is 0 Å². The van der Waals surface area contributed by atoms with Gasteiger partial charge in [0.25, 0.3) is 5.91 Å². The van der Waals surface area contributed by atoms with Crippen molar-refractivity contribution >= 4 is 5.91 Å². The zero-order valence-corrected chi connectivity index (χ0v) is 13.0. The Bertz CT molecular complexity index is 619. The molecular formula is C18H21N3O2. The van der Waals surface area contributed by atoms with Gasteiger partial charge in [0, 0.05) is 38.6 Å². The fraction of sp³-hybridized carbons (Fsp3) is 0.333. The second-order valence-corrected chi connectivity index (χ2v) is 5.67. The van der Waals surface area contributed by atoms with Crippen molar-refractivity contribution in [3.63, 3.8) is 0 Å². The van der Waals surface area contributed by atoms with Crippen molar-refractivity contribution < 1.29 is 9.53 Å². The van der Waals surface area contributed by atoms with Gasteiger partial charge in [-0.1, -0.05) is 30.3 Å². The summed E-state index contributed by atoms with van der Waals surface area (Å²) in [7, 11) is 0. The Morgan fingerprint density at radius 3 is 2.91 bits per heavy atom. The molecule has 0 bridgehead atoms. The van der Waals surface area contributed by atoms with Crippen molar-refractivity contribution in [3.8, 4) is 0 Å². The Hall–Kier alpha value is -2.24. The number of hydrogen-bond acceptors (Lipinski definition) is 4. The Kier molecular flexibility index (Phi) is 5.34. The van der Waals surface area contributed by atoms with Crippen molar-refractivity contribution in [1.82, 2.24) is 15.2 Å². The van der Waals surface area contributed by atoms with Crippen molar-refractivity contribution in [1.29, 1.82) is 0 Å². The predicted octanol–water partition coefficient (Wildman–Crippen LogP) is 1.71. The number of aromatic nitrogens is 1. The largest absolute Gasteiger partial charge is 0.374 e. The number of pyridine rings is 1. The van der Waals surface area contributed by atoms with E-state index in [2.05, 4.69) is 39.5 Å². The Morgan fingerprint density at radius 2 is 2.13 bits per heavy atom. The average molecular weight is 311 g/mol. The number of hydrogen-bond donors (Lipinski definition) is 1. The molecular weight excluding hydrogens is 290 g/mol. The summed E-state index contributed by atoms with van der Waals surface area (Å²) < 4.78 is 5.76. The number of carbonyl (C=O) groups is 1. The molecule has 0 saturated carbocycles. The minimum absolute atomic E-state index is 0.0214. The topological polar surface area (TPSA) is 54.5 Å². The molecule has 1 atom stereocenters. The second-order valence-electron chi connectivity index (χ2n) is 5.67. The van der Waals surface area contributed by atoms with Gasteiger partial charge in [-0.2, -0.15) is 0 Å². The summed E-state index contributed by atoms with van der Waals surface area (Å²) >= 11 is 0. The van der Waals surface area contributed by atoms with Crippen LogP contribution in [0.1, 0.15) is 15.9 Å². The molecule has 0 unspecified atom stereocenters. The Labute approximate surface area is 136 Å². The smallest absolute Gasteiger partial charge is 0.252 e. The third-order valence-electron chi connectivity index (χ3n) is 3.89. The summed E-state index contributed by atoms with van der Waals surface area (Å²) in [6.45, 7) is 3.86. The van der Waals surface area contributed by atoms with Gasteiger partial charge in [-0.3, -0.25) is 14.7 Å². The lowest BCUT2D eigenvalue weighted by atomic mass is 10.2. The van der Waals surface area contributed by atoms with E-state index in [1.54, 1.807) is 24.5 Å². The number of benzene rings is 1. The van der Waals surface area contributed by atoms with E-state index in [1.165, 1.54) is 5.56 Å². The zero-order chi connectivity index (χ0) is 15.9. The molecule has 1 aromatic carbocycles. The third-order valence-corrected chi connectivity index (χ3v) is 3.89. The lowest BCUT2D eigenvalue weighted by molar-refractivity contribution is -0.0292. The van der Waals surface area contributed by atoms with E-state index in [-0.39, 0.29) is 12.0 Å². The van der Waals surface area contributed by atoms with Gasteiger partial charge in [0.1, 0.15) is 0 Å². The summed E-state index contributed by atoms with van der Waals surface area (Å²) in [5.74, 6) is -0.109. The van der Waals surface area contributed by atoms with Crippen molar-refractivity contribution in [2.75, 3.05) is 26.2 Å². The van der Waals surface area contributed by atoms with Gasteiger partial charge < -0.3 is 10.1 Å². The molecule has 1 aliphatic rings. The molecule has 1 aromatic heterocycles. The highest BCUT2D eigenvalue weighted by molar-refractivity contribution is 5.93. The molecule has 3 rings (SSSR count). The van der Waals surface area contributed by atoms with Crippen LogP contribution in [0.3, 0.4) is 0 Å². The molecule has 0 radical (unpaired) electrons. The SMILES string of the molecule is O=C(NC[C@H]1CN(Cc2ccccc2)CCO1)c1cccnc1. The van der Waals surface area contributed by atoms with E-state index >= 15 is 0 Å². The highest BCUT2D eigenvalue weighted by Gasteiger charge is 2.21. The molecule has 5 heteroatoms. The number of morpholine rings is 1. The number of nitrogens with one attached hydrogen (secondary N) is 1. The summed E-state index contributed by atoms with van der Waals surface area (Å²) in [4.78, 5) is 18.4. The molecule has 0 aliphatic carbocycles. The molecule has 23 heavy (non-hydrogen) atoms. The lowest BCUT2D eigenvalue weighted by Crippen LogP contribution is -2.47. The maximum absolute atomic E-state index is 12.0. The van der Waals surface area contributed by atoms with Gasteiger partial charge in [0.2, 0.25) is 0 Å². The van der Waals surface area contributed by atoms with Crippen LogP contribution >= 0.6 is 0 Å². The molecule has 1 fully saturated rings. The van der Waals surface area contributed by atoms with Gasteiger partial charge in [-0.25, -0.2) is 0 Å². The van der Waals surface area contributed by atoms with Crippen LogP contribution in [0.2, 0.25) is 0 Å². The number of carbonyl (C=O) groups excluding carboxylic acids is 1.